The Bertz CT molecular complexity index is 555. The van der Waals surface area contributed by atoms with Gasteiger partial charge in [0.25, 0.3) is 0 Å². The van der Waals surface area contributed by atoms with Crippen LogP contribution in [-0.2, 0) is 0 Å². The molecule has 0 fully saturated rings. The van der Waals surface area contributed by atoms with E-state index in [0.717, 1.165) is 27.1 Å². The van der Waals surface area contributed by atoms with E-state index in [1.807, 2.05) is 43.3 Å². The summed E-state index contributed by atoms with van der Waals surface area (Å²) in [6.45, 7) is 1.99. The predicted octanol–water partition coefficient (Wildman–Crippen LogP) is 4.74. The summed E-state index contributed by atoms with van der Waals surface area (Å²) in [6.07, 6.45) is 0. The molecule has 0 aliphatic heterocycles. The average Bonchev–Trinajstić information content (AvgIpc) is 2.30. The van der Waals surface area contributed by atoms with Crippen LogP contribution in [0.3, 0.4) is 0 Å². The van der Waals surface area contributed by atoms with Crippen LogP contribution in [0.15, 0.2) is 40.9 Å². The molecule has 0 unspecified atom stereocenters. The molecule has 0 spiro atoms. The van der Waals surface area contributed by atoms with Gasteiger partial charge in [-0.1, -0.05) is 17.7 Å². The summed E-state index contributed by atoms with van der Waals surface area (Å²) in [5, 5.41) is 4.01. The minimum atomic E-state index is 0.694. The number of nitrogen functional groups attached to an aromatic ring is 1. The van der Waals surface area contributed by atoms with Gasteiger partial charge in [0.05, 0.1) is 5.02 Å². The molecule has 0 aliphatic rings. The van der Waals surface area contributed by atoms with Crippen LogP contribution in [0.2, 0.25) is 5.02 Å². The lowest BCUT2D eigenvalue weighted by Gasteiger charge is -2.11. The Morgan fingerprint density at radius 1 is 1.24 bits per heavy atom. The zero-order valence-electron chi connectivity index (χ0n) is 9.30. The molecule has 0 aromatic heterocycles. The van der Waals surface area contributed by atoms with Crippen molar-refractivity contribution in [3.8, 4) is 0 Å². The maximum atomic E-state index is 5.95. The number of halogens is 2. The first-order chi connectivity index (χ1) is 8.08. The van der Waals surface area contributed by atoms with Gasteiger partial charge >= 0.3 is 0 Å². The molecule has 0 heterocycles. The Morgan fingerprint density at radius 2 is 2.00 bits per heavy atom. The SMILES string of the molecule is Cc1c(N)cccc1Nc1ccc(Cl)c(Br)c1. The molecule has 0 radical (unpaired) electrons. The molecule has 2 aromatic carbocycles. The number of nitrogens with one attached hydrogen (secondary N) is 1. The van der Waals surface area contributed by atoms with E-state index < -0.39 is 0 Å². The second-order valence-electron chi connectivity index (χ2n) is 3.77. The first-order valence-corrected chi connectivity index (χ1v) is 6.32. The Balaban J connectivity index is 2.31. The first kappa shape index (κ1) is 12.3. The van der Waals surface area contributed by atoms with Crippen LogP contribution in [0.25, 0.3) is 0 Å². The minimum Gasteiger partial charge on any atom is -0.398 e. The summed E-state index contributed by atoms with van der Waals surface area (Å²) in [6, 6.07) is 11.5. The van der Waals surface area contributed by atoms with E-state index in [1.165, 1.54) is 0 Å². The van der Waals surface area contributed by atoms with E-state index in [-0.39, 0.29) is 0 Å². The molecule has 4 heteroatoms. The molecule has 0 amide bonds. The van der Waals surface area contributed by atoms with E-state index in [4.69, 9.17) is 17.3 Å². The molecule has 2 rings (SSSR count). The van der Waals surface area contributed by atoms with Gasteiger partial charge in [0, 0.05) is 21.5 Å². The van der Waals surface area contributed by atoms with Crippen molar-refractivity contribution in [2.45, 2.75) is 6.92 Å². The van der Waals surface area contributed by atoms with Gasteiger partial charge in [-0.3, -0.25) is 0 Å². The molecule has 0 aliphatic carbocycles. The molecule has 3 N–H and O–H groups in total. The third-order valence-electron chi connectivity index (χ3n) is 2.57. The number of nitrogens with two attached hydrogens (primary N) is 1. The largest absolute Gasteiger partial charge is 0.398 e. The van der Waals surface area contributed by atoms with Crippen LogP contribution in [0.1, 0.15) is 5.56 Å². The number of anilines is 3. The Kier molecular flexibility index (Phi) is 3.60. The van der Waals surface area contributed by atoms with Crippen molar-refractivity contribution in [2.75, 3.05) is 11.1 Å². The van der Waals surface area contributed by atoms with Gasteiger partial charge < -0.3 is 11.1 Å². The summed E-state index contributed by atoms with van der Waals surface area (Å²) in [7, 11) is 0. The van der Waals surface area contributed by atoms with Crippen molar-refractivity contribution in [3.05, 3.63) is 51.5 Å². The molecule has 17 heavy (non-hydrogen) atoms. The van der Waals surface area contributed by atoms with Crippen LogP contribution in [0.5, 0.6) is 0 Å². The monoisotopic (exact) mass is 310 g/mol. The number of hydrogen-bond acceptors (Lipinski definition) is 2. The van der Waals surface area contributed by atoms with Gasteiger partial charge in [-0.15, -0.1) is 0 Å². The minimum absolute atomic E-state index is 0.694. The zero-order valence-corrected chi connectivity index (χ0v) is 11.6. The summed E-state index contributed by atoms with van der Waals surface area (Å²) in [4.78, 5) is 0. The van der Waals surface area contributed by atoms with Gasteiger partial charge in [0.15, 0.2) is 0 Å². The van der Waals surface area contributed by atoms with Gasteiger partial charge in [-0.05, 0) is 58.7 Å². The number of rotatable bonds is 2. The third-order valence-corrected chi connectivity index (χ3v) is 3.79. The second kappa shape index (κ2) is 4.98. The average molecular weight is 312 g/mol. The molecule has 0 saturated heterocycles. The van der Waals surface area contributed by atoms with Crippen LogP contribution < -0.4 is 11.1 Å². The quantitative estimate of drug-likeness (QED) is 0.786. The Hall–Kier alpha value is -1.19. The predicted molar refractivity (Wildman–Crippen MR) is 78.0 cm³/mol. The first-order valence-electron chi connectivity index (χ1n) is 5.15. The van der Waals surface area contributed by atoms with E-state index >= 15 is 0 Å². The highest BCUT2D eigenvalue weighted by Crippen LogP contribution is 2.29. The van der Waals surface area contributed by atoms with Crippen LogP contribution in [-0.4, -0.2) is 0 Å². The Labute approximate surface area is 114 Å². The van der Waals surface area contributed by atoms with Crippen molar-refractivity contribution in [1.82, 2.24) is 0 Å². The highest BCUT2D eigenvalue weighted by Gasteiger charge is 2.03. The fourth-order valence-corrected chi connectivity index (χ4v) is 2.01. The van der Waals surface area contributed by atoms with Gasteiger partial charge in [0.1, 0.15) is 0 Å². The summed E-state index contributed by atoms with van der Waals surface area (Å²) >= 11 is 9.34. The van der Waals surface area contributed by atoms with Crippen molar-refractivity contribution < 1.29 is 0 Å². The van der Waals surface area contributed by atoms with Gasteiger partial charge in [-0.2, -0.15) is 0 Å². The van der Waals surface area contributed by atoms with E-state index in [1.54, 1.807) is 0 Å². The molecular weight excluding hydrogens is 300 g/mol. The molecule has 2 nitrogen and oxygen atoms in total. The fraction of sp³-hybridized carbons (Fsp3) is 0.0769. The van der Waals surface area contributed by atoms with E-state index in [2.05, 4.69) is 21.2 Å². The molecule has 88 valence electrons. The molecule has 0 saturated carbocycles. The lowest BCUT2D eigenvalue weighted by molar-refractivity contribution is 1.43. The van der Waals surface area contributed by atoms with Crippen molar-refractivity contribution >= 4 is 44.6 Å². The number of hydrogen-bond donors (Lipinski definition) is 2. The van der Waals surface area contributed by atoms with Crippen LogP contribution in [0.4, 0.5) is 17.1 Å². The number of benzene rings is 2. The third kappa shape index (κ3) is 2.73. The van der Waals surface area contributed by atoms with Crippen molar-refractivity contribution in [3.63, 3.8) is 0 Å². The highest BCUT2D eigenvalue weighted by atomic mass is 79.9. The summed E-state index contributed by atoms with van der Waals surface area (Å²) in [5.74, 6) is 0. The highest BCUT2D eigenvalue weighted by molar-refractivity contribution is 9.10. The summed E-state index contributed by atoms with van der Waals surface area (Å²) in [5.41, 5.74) is 9.65. The Morgan fingerprint density at radius 3 is 2.71 bits per heavy atom. The molecule has 2 aromatic rings. The second-order valence-corrected chi connectivity index (χ2v) is 5.04. The molecular formula is C13H12BrClN2. The smallest absolute Gasteiger partial charge is 0.0549 e. The van der Waals surface area contributed by atoms with Crippen molar-refractivity contribution in [2.24, 2.45) is 0 Å². The topological polar surface area (TPSA) is 38.0 Å². The normalized spacial score (nSPS) is 10.3. The lowest BCUT2D eigenvalue weighted by Crippen LogP contribution is -1.96. The van der Waals surface area contributed by atoms with E-state index in [9.17, 15) is 0 Å². The standard InChI is InChI=1S/C13H12BrClN2/c1-8-12(16)3-2-4-13(8)17-9-5-6-11(15)10(14)7-9/h2-7,17H,16H2,1H3. The maximum absolute atomic E-state index is 5.95. The van der Waals surface area contributed by atoms with Crippen LogP contribution >= 0.6 is 27.5 Å². The fourth-order valence-electron chi connectivity index (χ4n) is 1.52. The van der Waals surface area contributed by atoms with Crippen LogP contribution in [0, 0.1) is 6.92 Å². The maximum Gasteiger partial charge on any atom is 0.0549 e. The van der Waals surface area contributed by atoms with Gasteiger partial charge in [0.2, 0.25) is 0 Å². The van der Waals surface area contributed by atoms with Crippen molar-refractivity contribution in [1.29, 1.82) is 0 Å². The molecule has 0 bridgehead atoms. The summed E-state index contributed by atoms with van der Waals surface area (Å²) < 4.78 is 0.866. The lowest BCUT2D eigenvalue weighted by atomic mass is 10.1. The van der Waals surface area contributed by atoms with Gasteiger partial charge in [-0.25, -0.2) is 0 Å². The molecule has 0 atom stereocenters. The van der Waals surface area contributed by atoms with E-state index in [0.29, 0.717) is 5.02 Å². The zero-order chi connectivity index (χ0) is 12.4.